The lowest BCUT2D eigenvalue weighted by Crippen LogP contribution is -2.43. The molecular formula is C18H22N2O4S. The van der Waals surface area contributed by atoms with Gasteiger partial charge in [-0.3, -0.25) is 0 Å². The molecule has 2 aromatic carbocycles. The van der Waals surface area contributed by atoms with Crippen LogP contribution in [0.15, 0.2) is 48.5 Å². The second-order valence-electron chi connectivity index (χ2n) is 5.77. The van der Waals surface area contributed by atoms with E-state index in [0.717, 1.165) is 6.54 Å². The number of rotatable bonds is 6. The van der Waals surface area contributed by atoms with Gasteiger partial charge >= 0.3 is 0 Å². The maximum atomic E-state index is 13.2. The molecule has 134 valence electrons. The number of anilines is 2. The smallest absolute Gasteiger partial charge is 0.277 e. The van der Waals surface area contributed by atoms with Crippen LogP contribution in [0.4, 0.5) is 11.4 Å². The minimum atomic E-state index is -3.69. The van der Waals surface area contributed by atoms with E-state index in [4.69, 9.17) is 9.47 Å². The molecule has 0 aromatic heterocycles. The van der Waals surface area contributed by atoms with Crippen molar-refractivity contribution in [1.29, 1.82) is 0 Å². The Morgan fingerprint density at radius 3 is 2.64 bits per heavy atom. The van der Waals surface area contributed by atoms with E-state index < -0.39 is 15.5 Å². The minimum absolute atomic E-state index is 0.406. The lowest BCUT2D eigenvalue weighted by molar-refractivity contribution is 0.253. The third kappa shape index (κ3) is 3.43. The van der Waals surface area contributed by atoms with Gasteiger partial charge in [-0.05, 0) is 44.3 Å². The van der Waals surface area contributed by atoms with Gasteiger partial charge in [0.25, 0.3) is 10.0 Å². The van der Waals surface area contributed by atoms with E-state index in [9.17, 15) is 8.42 Å². The van der Waals surface area contributed by atoms with Crippen molar-refractivity contribution >= 4 is 21.4 Å². The minimum Gasteiger partial charge on any atom is -0.497 e. The predicted octanol–water partition coefficient (Wildman–Crippen LogP) is 2.88. The van der Waals surface area contributed by atoms with Gasteiger partial charge in [0.2, 0.25) is 5.44 Å². The Hall–Kier alpha value is -2.25. The highest BCUT2D eigenvalue weighted by atomic mass is 32.2. The summed E-state index contributed by atoms with van der Waals surface area (Å²) in [5.41, 5.74) is 0.161. The Morgan fingerprint density at radius 1 is 1.20 bits per heavy atom. The van der Waals surface area contributed by atoms with Crippen LogP contribution in [-0.2, 0) is 10.0 Å². The van der Waals surface area contributed by atoms with E-state index in [2.05, 4.69) is 5.32 Å². The highest BCUT2D eigenvalue weighted by Crippen LogP contribution is 2.44. The van der Waals surface area contributed by atoms with Crippen LogP contribution >= 0.6 is 0 Å². The molecule has 0 bridgehead atoms. The topological polar surface area (TPSA) is 67.9 Å². The average molecular weight is 362 g/mol. The molecule has 0 saturated heterocycles. The first-order valence-electron chi connectivity index (χ1n) is 8.16. The number of methoxy groups -OCH3 is 1. The summed E-state index contributed by atoms with van der Waals surface area (Å²) in [7, 11) is -0.278. The van der Waals surface area contributed by atoms with Gasteiger partial charge < -0.3 is 14.8 Å². The van der Waals surface area contributed by atoms with Crippen molar-refractivity contribution in [3.05, 3.63) is 48.5 Å². The average Bonchev–Trinajstić information content (AvgIpc) is 2.62. The van der Waals surface area contributed by atoms with E-state index in [1.165, 1.54) is 4.31 Å². The molecule has 1 heterocycles. The molecule has 0 fully saturated rings. The number of para-hydroxylation sites is 1. The highest BCUT2D eigenvalue weighted by molar-refractivity contribution is 7.93. The van der Waals surface area contributed by atoms with Crippen molar-refractivity contribution in [3.8, 4) is 11.5 Å². The maximum Gasteiger partial charge on any atom is 0.277 e. The lowest BCUT2D eigenvalue weighted by Gasteiger charge is -2.35. The van der Waals surface area contributed by atoms with Gasteiger partial charge in [0.05, 0.1) is 18.5 Å². The van der Waals surface area contributed by atoms with E-state index in [-0.39, 0.29) is 0 Å². The number of fused-ring (bicyclic) bond motifs is 1. The molecule has 3 rings (SSSR count). The normalized spacial score (nSPS) is 18.3. The summed E-state index contributed by atoms with van der Waals surface area (Å²) in [6, 6.07) is 14.2. The number of nitrogens with zero attached hydrogens (tertiary/aromatic N) is 1. The second kappa shape index (κ2) is 7.33. The van der Waals surface area contributed by atoms with Crippen molar-refractivity contribution in [3.63, 3.8) is 0 Å². The molecule has 7 heteroatoms. The molecule has 0 radical (unpaired) electrons. The van der Waals surface area contributed by atoms with Crippen LogP contribution in [0.25, 0.3) is 0 Å². The number of sulfonamides is 1. The number of nitrogens with one attached hydrogen (secondary N) is 1. The molecule has 25 heavy (non-hydrogen) atoms. The Bertz CT molecular complexity index is 824. The summed E-state index contributed by atoms with van der Waals surface area (Å²) < 4.78 is 38.8. The van der Waals surface area contributed by atoms with E-state index >= 15 is 0 Å². The molecule has 0 amide bonds. The third-order valence-electron chi connectivity index (χ3n) is 4.09. The van der Waals surface area contributed by atoms with Crippen LogP contribution in [0.5, 0.6) is 11.5 Å². The maximum absolute atomic E-state index is 13.2. The van der Waals surface area contributed by atoms with Gasteiger partial charge in [-0.2, -0.15) is 0 Å². The molecular weight excluding hydrogens is 340 g/mol. The van der Waals surface area contributed by atoms with E-state index in [1.807, 2.05) is 25.2 Å². The number of hydrogen-bond donors (Lipinski definition) is 1. The van der Waals surface area contributed by atoms with Crippen molar-refractivity contribution in [1.82, 2.24) is 5.32 Å². The van der Waals surface area contributed by atoms with Crippen LogP contribution in [0.1, 0.15) is 12.8 Å². The van der Waals surface area contributed by atoms with Crippen molar-refractivity contribution < 1.29 is 17.9 Å². The van der Waals surface area contributed by atoms with Crippen molar-refractivity contribution in [2.45, 2.75) is 18.3 Å². The van der Waals surface area contributed by atoms with Crippen molar-refractivity contribution in [2.75, 3.05) is 25.0 Å². The van der Waals surface area contributed by atoms with Crippen LogP contribution in [0.3, 0.4) is 0 Å². The highest BCUT2D eigenvalue weighted by Gasteiger charge is 2.41. The summed E-state index contributed by atoms with van der Waals surface area (Å²) in [6.07, 6.45) is 1.10. The standard InChI is InChI=1S/C18H22N2O4S/c1-19-12-6-9-18-24-17-13-15(23-2)10-11-16(17)20(25(18,21)22)14-7-4-3-5-8-14/h3-5,7-8,10-11,13,18-19H,6,9,12H2,1-2H3. The van der Waals surface area contributed by atoms with Gasteiger partial charge in [-0.15, -0.1) is 0 Å². The molecule has 6 nitrogen and oxygen atoms in total. The van der Waals surface area contributed by atoms with Crippen molar-refractivity contribution in [2.24, 2.45) is 0 Å². The van der Waals surface area contributed by atoms with Gasteiger partial charge in [0.1, 0.15) is 11.5 Å². The van der Waals surface area contributed by atoms with Gasteiger partial charge in [0.15, 0.2) is 0 Å². The molecule has 0 spiro atoms. The predicted molar refractivity (Wildman–Crippen MR) is 98.1 cm³/mol. The molecule has 2 aromatic rings. The first-order chi connectivity index (χ1) is 12.1. The molecule has 0 saturated carbocycles. The summed E-state index contributed by atoms with van der Waals surface area (Å²) in [6.45, 7) is 0.728. The number of benzene rings is 2. The van der Waals surface area contributed by atoms with E-state index in [1.54, 1.807) is 37.4 Å². The fourth-order valence-electron chi connectivity index (χ4n) is 2.84. The zero-order valence-corrected chi connectivity index (χ0v) is 15.1. The Kier molecular flexibility index (Phi) is 5.15. The summed E-state index contributed by atoms with van der Waals surface area (Å²) in [5.74, 6) is 1.13. The number of hydrogen-bond acceptors (Lipinski definition) is 5. The third-order valence-corrected chi connectivity index (χ3v) is 6.00. The zero-order valence-electron chi connectivity index (χ0n) is 14.3. The van der Waals surface area contributed by atoms with Crippen LogP contribution in [-0.4, -0.2) is 34.6 Å². The Balaban J connectivity index is 2.07. The zero-order chi connectivity index (χ0) is 17.9. The molecule has 0 aliphatic carbocycles. The number of ether oxygens (including phenoxy) is 2. The molecule has 1 aliphatic heterocycles. The van der Waals surface area contributed by atoms with Gasteiger partial charge in [-0.1, -0.05) is 18.2 Å². The molecule has 1 N–H and O–H groups in total. The van der Waals surface area contributed by atoms with Crippen LogP contribution in [0, 0.1) is 0 Å². The fourth-order valence-corrected chi connectivity index (χ4v) is 4.61. The fraction of sp³-hybridized carbons (Fsp3) is 0.333. The summed E-state index contributed by atoms with van der Waals surface area (Å²) >= 11 is 0. The molecule has 1 unspecified atom stereocenters. The van der Waals surface area contributed by atoms with E-state index in [0.29, 0.717) is 35.7 Å². The van der Waals surface area contributed by atoms with Gasteiger partial charge in [0, 0.05) is 12.5 Å². The van der Waals surface area contributed by atoms with Gasteiger partial charge in [-0.25, -0.2) is 12.7 Å². The van der Waals surface area contributed by atoms with Crippen LogP contribution < -0.4 is 19.1 Å². The van der Waals surface area contributed by atoms with Crippen LogP contribution in [0.2, 0.25) is 0 Å². The SMILES string of the molecule is CNCCCC1Oc2cc(OC)ccc2N(c2ccccc2)S1(=O)=O. The summed E-state index contributed by atoms with van der Waals surface area (Å²) in [4.78, 5) is 0. The molecule has 1 atom stereocenters. The lowest BCUT2D eigenvalue weighted by atomic mass is 10.2. The summed E-state index contributed by atoms with van der Waals surface area (Å²) in [5, 5.41) is 3.03. The Morgan fingerprint density at radius 2 is 1.96 bits per heavy atom. The second-order valence-corrected chi connectivity index (χ2v) is 7.69. The monoisotopic (exact) mass is 362 g/mol. The quantitative estimate of drug-likeness (QED) is 0.801. The first-order valence-corrected chi connectivity index (χ1v) is 9.66. The Labute approximate surface area is 148 Å². The molecule has 1 aliphatic rings. The first kappa shape index (κ1) is 17.6. The largest absolute Gasteiger partial charge is 0.497 e.